The summed E-state index contributed by atoms with van der Waals surface area (Å²) in [7, 11) is 0. The minimum absolute atomic E-state index is 0.136. The molecule has 110 valence electrons. The molecular weight excluding hydrogens is 476 g/mol. The Morgan fingerprint density at radius 3 is 2.85 bits per heavy atom. The van der Waals surface area contributed by atoms with Gasteiger partial charge in [0.2, 0.25) is 0 Å². The van der Waals surface area contributed by atoms with Crippen molar-refractivity contribution in [2.75, 3.05) is 0 Å². The molecule has 0 saturated carbocycles. The maximum absolute atomic E-state index is 12.2. The number of hydrogen-bond donors (Lipinski definition) is 0. The van der Waals surface area contributed by atoms with Crippen LogP contribution in [0.2, 0.25) is 0 Å². The number of alkyl halides is 2. The number of aromatic nitrogens is 1. The zero-order valence-corrected chi connectivity index (χ0v) is 16.3. The Hall–Kier alpha value is 0.280. The third-order valence-corrected chi connectivity index (χ3v) is 6.26. The number of hydrogen-bond acceptors (Lipinski definition) is 2. The average molecular weight is 497 g/mol. The average Bonchev–Trinajstić information content (AvgIpc) is 2.44. The van der Waals surface area contributed by atoms with E-state index in [0.717, 1.165) is 23.4 Å². The van der Waals surface area contributed by atoms with Gasteiger partial charge in [-0.15, -0.1) is 0 Å². The van der Waals surface area contributed by atoms with Crippen LogP contribution in [0.4, 0.5) is 0 Å². The van der Waals surface area contributed by atoms with Gasteiger partial charge in [0.05, 0.1) is 19.2 Å². The molecule has 1 aromatic heterocycles. The quantitative estimate of drug-likeness (QED) is 0.291. The first-order chi connectivity index (χ1) is 9.54. The molecular formula is C16H21I2NO. The van der Waals surface area contributed by atoms with Crippen molar-refractivity contribution < 1.29 is 4.79 Å². The van der Waals surface area contributed by atoms with Gasteiger partial charge < -0.3 is 0 Å². The molecule has 1 aliphatic rings. The SMILES string of the molecule is CCCCCC(I)c1ccc2c(n1)C(I)CC(C)C2=O. The van der Waals surface area contributed by atoms with E-state index in [2.05, 4.69) is 58.2 Å². The van der Waals surface area contributed by atoms with Crippen LogP contribution in [0.15, 0.2) is 12.1 Å². The third-order valence-electron chi connectivity index (χ3n) is 3.90. The largest absolute Gasteiger partial charge is 0.294 e. The molecule has 0 N–H and O–H groups in total. The first-order valence-corrected chi connectivity index (χ1v) is 9.86. The lowest BCUT2D eigenvalue weighted by molar-refractivity contribution is 0.0912. The van der Waals surface area contributed by atoms with Crippen LogP contribution in [0, 0.1) is 5.92 Å². The maximum atomic E-state index is 12.2. The standard InChI is InChI=1S/C16H21I2NO/c1-3-4-5-6-12(17)14-8-7-11-15(19-14)13(18)9-10(2)16(11)20/h7-8,10,12-13H,3-6,9H2,1-2H3. The summed E-state index contributed by atoms with van der Waals surface area (Å²) in [5.41, 5.74) is 3.01. The smallest absolute Gasteiger partial charge is 0.167 e. The van der Waals surface area contributed by atoms with Crippen LogP contribution in [0.1, 0.15) is 75.5 Å². The van der Waals surface area contributed by atoms with Gasteiger partial charge in [0.1, 0.15) is 0 Å². The van der Waals surface area contributed by atoms with Gasteiger partial charge in [-0.2, -0.15) is 0 Å². The highest BCUT2D eigenvalue weighted by atomic mass is 127. The number of carbonyl (C=O) groups is 1. The van der Waals surface area contributed by atoms with Crippen molar-refractivity contribution in [1.82, 2.24) is 4.98 Å². The van der Waals surface area contributed by atoms with Gasteiger partial charge >= 0.3 is 0 Å². The minimum Gasteiger partial charge on any atom is -0.294 e. The second kappa shape index (κ2) is 7.51. The summed E-state index contributed by atoms with van der Waals surface area (Å²) in [6, 6.07) is 4.06. The molecule has 0 saturated heterocycles. The molecule has 0 fully saturated rings. The summed E-state index contributed by atoms with van der Waals surface area (Å²) in [5, 5.41) is 0. The number of rotatable bonds is 5. The molecule has 1 aromatic rings. The van der Waals surface area contributed by atoms with E-state index in [4.69, 9.17) is 4.98 Å². The lowest BCUT2D eigenvalue weighted by atomic mass is 9.86. The van der Waals surface area contributed by atoms with Crippen LogP contribution < -0.4 is 0 Å². The molecule has 20 heavy (non-hydrogen) atoms. The fourth-order valence-electron chi connectivity index (χ4n) is 2.63. The van der Waals surface area contributed by atoms with E-state index >= 15 is 0 Å². The van der Waals surface area contributed by atoms with E-state index in [9.17, 15) is 4.79 Å². The van der Waals surface area contributed by atoms with Gasteiger partial charge in [0, 0.05) is 11.5 Å². The molecule has 1 aliphatic carbocycles. The van der Waals surface area contributed by atoms with Crippen LogP contribution in [-0.4, -0.2) is 10.8 Å². The molecule has 4 heteroatoms. The predicted molar refractivity (Wildman–Crippen MR) is 100 cm³/mol. The monoisotopic (exact) mass is 497 g/mol. The first-order valence-electron chi connectivity index (χ1n) is 7.37. The Morgan fingerprint density at radius 1 is 1.40 bits per heavy atom. The molecule has 0 radical (unpaired) electrons. The highest BCUT2D eigenvalue weighted by molar-refractivity contribution is 14.1. The fourth-order valence-corrected chi connectivity index (χ4v) is 4.65. The van der Waals surface area contributed by atoms with E-state index < -0.39 is 0 Å². The second-order valence-electron chi connectivity index (χ2n) is 5.60. The molecule has 0 bridgehead atoms. The first kappa shape index (κ1) is 16.6. The number of unbranched alkanes of at least 4 members (excludes halogenated alkanes) is 2. The van der Waals surface area contributed by atoms with E-state index in [1.165, 1.54) is 25.7 Å². The summed E-state index contributed by atoms with van der Waals surface area (Å²) < 4.78 is 0.831. The minimum atomic E-state index is 0.136. The van der Waals surface area contributed by atoms with Gasteiger partial charge in [-0.3, -0.25) is 9.78 Å². The van der Waals surface area contributed by atoms with Crippen molar-refractivity contribution >= 4 is 51.0 Å². The molecule has 0 aromatic carbocycles. The van der Waals surface area contributed by atoms with Crippen molar-refractivity contribution in [1.29, 1.82) is 0 Å². The number of Topliss-reactive ketones (excluding diaryl/α,β-unsaturated/α-hetero) is 1. The van der Waals surface area contributed by atoms with E-state index in [1.54, 1.807) is 0 Å². The Balaban J connectivity index is 2.19. The highest BCUT2D eigenvalue weighted by Gasteiger charge is 2.31. The van der Waals surface area contributed by atoms with Crippen molar-refractivity contribution in [2.45, 2.75) is 53.8 Å². The van der Waals surface area contributed by atoms with E-state index in [1.807, 2.05) is 13.0 Å². The van der Waals surface area contributed by atoms with Crippen LogP contribution in [0.25, 0.3) is 0 Å². The van der Waals surface area contributed by atoms with Crippen molar-refractivity contribution in [3.05, 3.63) is 29.1 Å². The predicted octanol–water partition coefficient (Wildman–Crippen LogP) is 5.84. The van der Waals surface area contributed by atoms with E-state index in [0.29, 0.717) is 7.85 Å². The summed E-state index contributed by atoms with van der Waals surface area (Å²) in [4.78, 5) is 17.0. The van der Waals surface area contributed by atoms with Crippen molar-refractivity contribution in [3.8, 4) is 0 Å². The molecule has 0 amide bonds. The van der Waals surface area contributed by atoms with Gasteiger partial charge in [-0.1, -0.05) is 78.3 Å². The van der Waals surface area contributed by atoms with Crippen LogP contribution in [-0.2, 0) is 0 Å². The number of pyridine rings is 1. The number of halogens is 2. The van der Waals surface area contributed by atoms with Crippen LogP contribution >= 0.6 is 45.2 Å². The van der Waals surface area contributed by atoms with Gasteiger partial charge in [0.15, 0.2) is 5.78 Å². The number of carbonyl (C=O) groups excluding carboxylic acids is 1. The molecule has 1 heterocycles. The number of ketones is 1. The topological polar surface area (TPSA) is 30.0 Å². The summed E-state index contributed by atoms with van der Waals surface area (Å²) >= 11 is 4.92. The number of nitrogens with zero attached hydrogens (tertiary/aromatic N) is 1. The lowest BCUT2D eigenvalue weighted by Gasteiger charge is -2.25. The van der Waals surface area contributed by atoms with Crippen molar-refractivity contribution in [3.63, 3.8) is 0 Å². The summed E-state index contributed by atoms with van der Waals surface area (Å²) in [6.07, 6.45) is 5.89. The van der Waals surface area contributed by atoms with E-state index in [-0.39, 0.29) is 11.7 Å². The third kappa shape index (κ3) is 3.72. The van der Waals surface area contributed by atoms with Crippen molar-refractivity contribution in [2.24, 2.45) is 5.92 Å². The molecule has 3 atom stereocenters. The van der Waals surface area contributed by atoms with Gasteiger partial charge in [-0.25, -0.2) is 0 Å². The Kier molecular flexibility index (Phi) is 6.25. The fraction of sp³-hybridized carbons (Fsp3) is 0.625. The Labute approximate surface area is 148 Å². The Morgan fingerprint density at radius 2 is 2.15 bits per heavy atom. The van der Waals surface area contributed by atoms with Crippen LogP contribution in [0.3, 0.4) is 0 Å². The van der Waals surface area contributed by atoms with Gasteiger partial charge in [-0.05, 0) is 25.0 Å². The van der Waals surface area contributed by atoms with Crippen LogP contribution in [0.5, 0.6) is 0 Å². The molecule has 2 rings (SSSR count). The molecule has 3 unspecified atom stereocenters. The molecule has 2 nitrogen and oxygen atoms in total. The number of fused-ring (bicyclic) bond motifs is 1. The zero-order chi connectivity index (χ0) is 14.7. The lowest BCUT2D eigenvalue weighted by Crippen LogP contribution is -2.23. The normalized spacial score (nSPS) is 23.5. The molecule has 0 aliphatic heterocycles. The summed E-state index contributed by atoms with van der Waals surface area (Å²) in [6.45, 7) is 4.25. The van der Waals surface area contributed by atoms with Gasteiger partial charge in [0.25, 0.3) is 0 Å². The Bertz CT molecular complexity index is 489. The highest BCUT2D eigenvalue weighted by Crippen LogP contribution is 2.39. The molecule has 0 spiro atoms. The maximum Gasteiger partial charge on any atom is 0.167 e. The summed E-state index contributed by atoms with van der Waals surface area (Å²) in [5.74, 6) is 0.403. The second-order valence-corrected chi connectivity index (χ2v) is 8.61. The zero-order valence-electron chi connectivity index (χ0n) is 12.0.